The van der Waals surface area contributed by atoms with Gasteiger partial charge in [-0.05, 0) is 30.5 Å². The molecular weight excluding hydrogens is 231 g/mol. The molecule has 0 fully saturated rings. The fraction of sp³-hybridized carbons (Fsp3) is 0.500. The Hall–Kier alpha value is -1.58. The zero-order valence-electron chi connectivity index (χ0n) is 11.2. The van der Waals surface area contributed by atoms with Crippen LogP contribution in [0.4, 0.5) is 9.18 Å². The number of carbonyl (C=O) groups is 1. The molecule has 1 aromatic rings. The van der Waals surface area contributed by atoms with Crippen molar-refractivity contribution in [1.82, 2.24) is 10.2 Å². The number of hydrogen-bond acceptors (Lipinski definition) is 1. The number of hydrogen-bond donors (Lipinski definition) is 1. The monoisotopic (exact) mass is 252 g/mol. The first-order valence-corrected chi connectivity index (χ1v) is 6.32. The SMILES string of the molecule is CCC(CC)NC(=O)N(C)Cc1ccc(F)cc1. The van der Waals surface area contributed by atoms with Crippen molar-refractivity contribution in [3.63, 3.8) is 0 Å². The zero-order valence-corrected chi connectivity index (χ0v) is 11.2. The highest BCUT2D eigenvalue weighted by Gasteiger charge is 2.12. The van der Waals surface area contributed by atoms with Gasteiger partial charge >= 0.3 is 6.03 Å². The topological polar surface area (TPSA) is 32.3 Å². The third-order valence-electron chi connectivity index (χ3n) is 2.99. The van der Waals surface area contributed by atoms with Gasteiger partial charge in [0.2, 0.25) is 0 Å². The van der Waals surface area contributed by atoms with Crippen LogP contribution in [0.5, 0.6) is 0 Å². The lowest BCUT2D eigenvalue weighted by Gasteiger charge is -2.22. The summed E-state index contributed by atoms with van der Waals surface area (Å²) in [6.07, 6.45) is 1.85. The number of halogens is 1. The van der Waals surface area contributed by atoms with Crippen molar-refractivity contribution in [3.05, 3.63) is 35.6 Å². The van der Waals surface area contributed by atoms with Crippen molar-refractivity contribution in [2.75, 3.05) is 7.05 Å². The lowest BCUT2D eigenvalue weighted by Crippen LogP contribution is -2.42. The van der Waals surface area contributed by atoms with Crippen molar-refractivity contribution in [1.29, 1.82) is 0 Å². The Morgan fingerprint density at radius 1 is 1.28 bits per heavy atom. The predicted octanol–water partition coefficient (Wildman–Crippen LogP) is 3.16. The summed E-state index contributed by atoms with van der Waals surface area (Å²) in [5.74, 6) is -0.261. The maximum absolute atomic E-state index is 12.8. The zero-order chi connectivity index (χ0) is 13.5. The highest BCUT2D eigenvalue weighted by Crippen LogP contribution is 2.06. The van der Waals surface area contributed by atoms with Crippen LogP contribution in [0.2, 0.25) is 0 Å². The summed E-state index contributed by atoms with van der Waals surface area (Å²) >= 11 is 0. The van der Waals surface area contributed by atoms with Crippen LogP contribution in [-0.4, -0.2) is 24.0 Å². The quantitative estimate of drug-likeness (QED) is 0.857. The van der Waals surface area contributed by atoms with Gasteiger partial charge in [0.1, 0.15) is 5.82 Å². The lowest BCUT2D eigenvalue weighted by molar-refractivity contribution is 0.202. The summed E-state index contributed by atoms with van der Waals surface area (Å²) in [7, 11) is 1.74. The first-order valence-electron chi connectivity index (χ1n) is 6.32. The second-order valence-corrected chi connectivity index (χ2v) is 4.45. The first kappa shape index (κ1) is 14.5. The molecule has 3 nitrogen and oxygen atoms in total. The van der Waals surface area contributed by atoms with Gasteiger partial charge in [-0.2, -0.15) is 0 Å². The Morgan fingerprint density at radius 2 is 1.83 bits per heavy atom. The number of rotatable bonds is 5. The summed E-state index contributed by atoms with van der Waals surface area (Å²) in [5, 5.41) is 2.96. The second kappa shape index (κ2) is 6.99. The molecule has 0 aliphatic heterocycles. The maximum Gasteiger partial charge on any atom is 0.317 e. The fourth-order valence-electron chi connectivity index (χ4n) is 1.71. The molecule has 0 atom stereocenters. The minimum atomic E-state index is -0.261. The van der Waals surface area contributed by atoms with Gasteiger partial charge in [0.05, 0.1) is 0 Å². The molecule has 100 valence electrons. The standard InChI is InChI=1S/C14H21FN2O/c1-4-13(5-2)16-14(18)17(3)10-11-6-8-12(15)9-7-11/h6-9,13H,4-5,10H2,1-3H3,(H,16,18). The van der Waals surface area contributed by atoms with Gasteiger partial charge < -0.3 is 10.2 Å². The highest BCUT2D eigenvalue weighted by atomic mass is 19.1. The molecule has 0 aliphatic rings. The van der Waals surface area contributed by atoms with Crippen LogP contribution in [0.3, 0.4) is 0 Å². The van der Waals surface area contributed by atoms with E-state index in [4.69, 9.17) is 0 Å². The van der Waals surface area contributed by atoms with Crippen molar-refractivity contribution < 1.29 is 9.18 Å². The summed E-state index contributed by atoms with van der Waals surface area (Å²) in [5.41, 5.74) is 0.915. The molecule has 0 unspecified atom stereocenters. The van der Waals surface area contributed by atoms with Crippen molar-refractivity contribution in [2.24, 2.45) is 0 Å². The number of benzene rings is 1. The molecule has 0 aromatic heterocycles. The number of carbonyl (C=O) groups excluding carboxylic acids is 1. The molecule has 4 heteroatoms. The van der Waals surface area contributed by atoms with E-state index in [2.05, 4.69) is 19.2 Å². The van der Waals surface area contributed by atoms with Crippen LogP contribution in [-0.2, 0) is 6.54 Å². The van der Waals surface area contributed by atoms with Gasteiger partial charge in [0, 0.05) is 19.6 Å². The van der Waals surface area contributed by atoms with Crippen LogP contribution in [0.25, 0.3) is 0 Å². The molecule has 18 heavy (non-hydrogen) atoms. The van der Waals surface area contributed by atoms with Crippen molar-refractivity contribution in [2.45, 2.75) is 39.3 Å². The van der Waals surface area contributed by atoms with Crippen LogP contribution >= 0.6 is 0 Å². The molecule has 2 amide bonds. The van der Waals surface area contributed by atoms with Crippen molar-refractivity contribution in [3.8, 4) is 0 Å². The lowest BCUT2D eigenvalue weighted by atomic mass is 10.2. The normalized spacial score (nSPS) is 10.5. The van der Waals surface area contributed by atoms with Gasteiger partial charge in [-0.15, -0.1) is 0 Å². The molecule has 1 N–H and O–H groups in total. The van der Waals surface area contributed by atoms with E-state index < -0.39 is 0 Å². The third-order valence-corrected chi connectivity index (χ3v) is 2.99. The molecule has 0 heterocycles. The predicted molar refractivity (Wildman–Crippen MR) is 70.8 cm³/mol. The molecule has 0 saturated carbocycles. The van der Waals surface area contributed by atoms with Crippen LogP contribution in [0, 0.1) is 5.82 Å². The van der Waals surface area contributed by atoms with E-state index >= 15 is 0 Å². The van der Waals surface area contributed by atoms with Crippen LogP contribution < -0.4 is 5.32 Å². The van der Waals surface area contributed by atoms with Gasteiger partial charge in [-0.25, -0.2) is 9.18 Å². The van der Waals surface area contributed by atoms with Crippen molar-refractivity contribution >= 4 is 6.03 Å². The van der Waals surface area contributed by atoms with Gasteiger partial charge in [-0.1, -0.05) is 26.0 Å². The fourth-order valence-corrected chi connectivity index (χ4v) is 1.71. The number of amides is 2. The number of nitrogens with one attached hydrogen (secondary N) is 1. The van der Waals surface area contributed by atoms with E-state index in [1.54, 1.807) is 24.1 Å². The highest BCUT2D eigenvalue weighted by molar-refractivity contribution is 5.74. The molecule has 0 saturated heterocycles. The van der Waals surface area contributed by atoms with E-state index in [1.807, 2.05) is 0 Å². The molecule has 0 spiro atoms. The third kappa shape index (κ3) is 4.35. The maximum atomic E-state index is 12.8. The Bertz CT molecular complexity index is 374. The molecule has 1 rings (SSSR count). The van der Waals surface area contributed by atoms with Gasteiger partial charge in [0.25, 0.3) is 0 Å². The smallest absolute Gasteiger partial charge is 0.317 e. The summed E-state index contributed by atoms with van der Waals surface area (Å²) < 4.78 is 12.8. The van der Waals surface area contributed by atoms with Gasteiger partial charge in [0.15, 0.2) is 0 Å². The average molecular weight is 252 g/mol. The first-order chi connectivity index (χ1) is 8.56. The Morgan fingerprint density at radius 3 is 2.33 bits per heavy atom. The van der Waals surface area contributed by atoms with E-state index in [0.29, 0.717) is 6.54 Å². The Kier molecular flexibility index (Phi) is 5.62. The summed E-state index contributed by atoms with van der Waals surface area (Å²) in [4.78, 5) is 13.5. The molecule has 1 aromatic carbocycles. The molecule has 0 bridgehead atoms. The van der Waals surface area contributed by atoms with Crippen LogP contribution in [0.15, 0.2) is 24.3 Å². The van der Waals surface area contributed by atoms with E-state index in [1.165, 1.54) is 12.1 Å². The van der Waals surface area contributed by atoms with E-state index in [9.17, 15) is 9.18 Å². The minimum Gasteiger partial charge on any atom is -0.335 e. The molecule has 0 radical (unpaired) electrons. The summed E-state index contributed by atoms with van der Waals surface area (Å²) in [6, 6.07) is 6.32. The van der Waals surface area contributed by atoms with E-state index in [-0.39, 0.29) is 17.9 Å². The molecule has 0 aliphatic carbocycles. The van der Waals surface area contributed by atoms with Gasteiger partial charge in [-0.3, -0.25) is 0 Å². The average Bonchev–Trinajstić information content (AvgIpc) is 2.38. The second-order valence-electron chi connectivity index (χ2n) is 4.45. The Labute approximate surface area is 108 Å². The largest absolute Gasteiger partial charge is 0.335 e. The number of urea groups is 1. The summed E-state index contributed by atoms with van der Waals surface area (Å²) in [6.45, 7) is 4.58. The molecular formula is C14H21FN2O. The van der Waals surface area contributed by atoms with Crippen LogP contribution in [0.1, 0.15) is 32.3 Å². The minimum absolute atomic E-state index is 0.0898. The number of nitrogens with zero attached hydrogens (tertiary/aromatic N) is 1. The Balaban J connectivity index is 2.51. The van der Waals surface area contributed by atoms with E-state index in [0.717, 1.165) is 18.4 Å².